The van der Waals surface area contributed by atoms with Crippen molar-refractivity contribution >= 4 is 60.4 Å². The predicted molar refractivity (Wildman–Crippen MR) is 119 cm³/mol. The SMILES string of the molecule is Cc1c(Br)cc(/C=N/NC(=O)C(C)Nc2ccc3ccccc3c2)cc1Br. The Hall–Kier alpha value is -2.18. The van der Waals surface area contributed by atoms with Crippen LogP contribution in [0.15, 0.2) is 68.6 Å². The van der Waals surface area contributed by atoms with E-state index in [9.17, 15) is 4.79 Å². The Morgan fingerprint density at radius 2 is 1.70 bits per heavy atom. The first-order valence-electron chi connectivity index (χ1n) is 8.48. The molecule has 0 fully saturated rings. The maximum atomic E-state index is 12.3. The van der Waals surface area contributed by atoms with Gasteiger partial charge < -0.3 is 5.32 Å². The minimum absolute atomic E-state index is 0.204. The summed E-state index contributed by atoms with van der Waals surface area (Å²) in [5, 5.41) is 9.56. The van der Waals surface area contributed by atoms with Gasteiger partial charge in [0.05, 0.1) is 6.21 Å². The smallest absolute Gasteiger partial charge is 0.262 e. The first-order chi connectivity index (χ1) is 12.9. The minimum Gasteiger partial charge on any atom is -0.374 e. The fourth-order valence-electron chi connectivity index (χ4n) is 2.60. The molecule has 0 spiro atoms. The van der Waals surface area contributed by atoms with E-state index in [4.69, 9.17) is 0 Å². The van der Waals surface area contributed by atoms with Gasteiger partial charge in [0.15, 0.2) is 0 Å². The third-order valence-electron chi connectivity index (χ3n) is 4.22. The molecule has 0 aliphatic rings. The van der Waals surface area contributed by atoms with Gasteiger partial charge in [-0.25, -0.2) is 5.43 Å². The lowest BCUT2D eigenvalue weighted by Crippen LogP contribution is -2.34. The van der Waals surface area contributed by atoms with Crippen LogP contribution in [0, 0.1) is 6.92 Å². The molecule has 138 valence electrons. The highest BCUT2D eigenvalue weighted by molar-refractivity contribution is 9.11. The van der Waals surface area contributed by atoms with E-state index in [1.807, 2.05) is 55.5 Å². The topological polar surface area (TPSA) is 53.5 Å². The number of rotatable bonds is 5. The van der Waals surface area contributed by atoms with Gasteiger partial charge in [-0.1, -0.05) is 62.2 Å². The molecule has 2 N–H and O–H groups in total. The number of carbonyl (C=O) groups excluding carboxylic acids is 1. The fraction of sp³-hybridized carbons (Fsp3) is 0.143. The first-order valence-corrected chi connectivity index (χ1v) is 10.1. The Bertz CT molecular complexity index is 994. The second-order valence-corrected chi connectivity index (χ2v) is 7.98. The van der Waals surface area contributed by atoms with Crippen LogP contribution in [0.4, 0.5) is 5.69 Å². The summed E-state index contributed by atoms with van der Waals surface area (Å²) in [5.74, 6) is -0.204. The number of amides is 1. The van der Waals surface area contributed by atoms with Crippen molar-refractivity contribution in [2.24, 2.45) is 5.10 Å². The molecule has 3 rings (SSSR count). The molecule has 3 aromatic rings. The standard InChI is InChI=1S/C21H19Br2N3O/c1-13-19(22)9-15(10-20(13)23)12-24-26-21(27)14(2)25-18-8-7-16-5-3-4-6-17(16)11-18/h3-12,14,25H,1-2H3,(H,26,27)/b24-12+. The lowest BCUT2D eigenvalue weighted by Gasteiger charge is -2.14. The summed E-state index contributed by atoms with van der Waals surface area (Å²) in [7, 11) is 0. The molecule has 0 radical (unpaired) electrons. The Kier molecular flexibility index (Phi) is 6.29. The maximum absolute atomic E-state index is 12.3. The van der Waals surface area contributed by atoms with Crippen molar-refractivity contribution in [3.05, 3.63) is 74.7 Å². The normalized spacial score (nSPS) is 12.3. The van der Waals surface area contributed by atoms with Gasteiger partial charge in [-0.3, -0.25) is 4.79 Å². The molecule has 0 saturated heterocycles. The van der Waals surface area contributed by atoms with Crippen LogP contribution in [0.5, 0.6) is 0 Å². The average molecular weight is 489 g/mol. The number of nitrogens with zero attached hydrogens (tertiary/aromatic N) is 1. The van der Waals surface area contributed by atoms with Crippen LogP contribution in [-0.4, -0.2) is 18.2 Å². The van der Waals surface area contributed by atoms with Crippen LogP contribution in [0.2, 0.25) is 0 Å². The van der Waals surface area contributed by atoms with Crippen LogP contribution in [0.25, 0.3) is 10.8 Å². The first kappa shape index (κ1) is 19.6. The summed E-state index contributed by atoms with van der Waals surface area (Å²) in [5.41, 5.74) is 5.47. The second-order valence-electron chi connectivity index (χ2n) is 6.27. The van der Waals surface area contributed by atoms with E-state index in [0.29, 0.717) is 0 Å². The zero-order valence-electron chi connectivity index (χ0n) is 15.0. The highest BCUT2D eigenvalue weighted by Gasteiger charge is 2.12. The summed E-state index contributed by atoms with van der Waals surface area (Å²) in [6.45, 7) is 3.82. The molecule has 0 heterocycles. The second kappa shape index (κ2) is 8.67. The molecular formula is C21H19Br2N3O. The summed E-state index contributed by atoms with van der Waals surface area (Å²) >= 11 is 7.01. The van der Waals surface area contributed by atoms with Gasteiger partial charge >= 0.3 is 0 Å². The number of carbonyl (C=O) groups is 1. The largest absolute Gasteiger partial charge is 0.374 e. The number of benzene rings is 3. The summed E-state index contributed by atoms with van der Waals surface area (Å²) in [6, 6.07) is 17.6. The molecule has 27 heavy (non-hydrogen) atoms. The monoisotopic (exact) mass is 487 g/mol. The van der Waals surface area contributed by atoms with E-state index in [-0.39, 0.29) is 5.91 Å². The number of hydrazone groups is 1. The Morgan fingerprint density at radius 1 is 1.04 bits per heavy atom. The van der Waals surface area contributed by atoms with E-state index >= 15 is 0 Å². The van der Waals surface area contributed by atoms with E-state index in [1.165, 1.54) is 5.39 Å². The highest BCUT2D eigenvalue weighted by atomic mass is 79.9. The van der Waals surface area contributed by atoms with Crippen molar-refractivity contribution in [1.29, 1.82) is 0 Å². The zero-order valence-corrected chi connectivity index (χ0v) is 18.1. The van der Waals surface area contributed by atoms with Crippen LogP contribution in [0.3, 0.4) is 0 Å². The lowest BCUT2D eigenvalue weighted by atomic mass is 10.1. The Labute approximate surface area is 175 Å². The number of halogens is 2. The van der Waals surface area contributed by atoms with Gasteiger partial charge in [0.1, 0.15) is 6.04 Å². The fourth-order valence-corrected chi connectivity index (χ4v) is 3.82. The molecule has 0 bridgehead atoms. The van der Waals surface area contributed by atoms with Gasteiger partial charge in [0.2, 0.25) is 0 Å². The van der Waals surface area contributed by atoms with E-state index in [0.717, 1.165) is 31.1 Å². The Morgan fingerprint density at radius 3 is 2.41 bits per heavy atom. The van der Waals surface area contributed by atoms with E-state index in [2.05, 4.69) is 53.8 Å². The third kappa shape index (κ3) is 4.96. The highest BCUT2D eigenvalue weighted by Crippen LogP contribution is 2.25. The minimum atomic E-state index is -0.417. The van der Waals surface area contributed by atoms with Crippen molar-refractivity contribution in [3.63, 3.8) is 0 Å². The van der Waals surface area contributed by atoms with Crippen LogP contribution < -0.4 is 10.7 Å². The number of hydrogen-bond acceptors (Lipinski definition) is 3. The van der Waals surface area contributed by atoms with Crippen molar-refractivity contribution in [3.8, 4) is 0 Å². The molecular weight excluding hydrogens is 470 g/mol. The number of nitrogens with one attached hydrogen (secondary N) is 2. The third-order valence-corrected chi connectivity index (χ3v) is 5.86. The number of anilines is 1. The summed E-state index contributed by atoms with van der Waals surface area (Å²) in [4.78, 5) is 12.3. The quantitative estimate of drug-likeness (QED) is 0.361. The van der Waals surface area contributed by atoms with Crippen molar-refractivity contribution < 1.29 is 4.79 Å². The van der Waals surface area contributed by atoms with Crippen LogP contribution in [0.1, 0.15) is 18.1 Å². The molecule has 6 heteroatoms. The molecule has 1 atom stereocenters. The predicted octanol–water partition coefficient (Wildman–Crippen LogP) is 5.62. The molecule has 0 aliphatic heterocycles. The summed E-state index contributed by atoms with van der Waals surface area (Å²) < 4.78 is 1.96. The van der Waals surface area contributed by atoms with E-state index in [1.54, 1.807) is 13.1 Å². The van der Waals surface area contributed by atoms with Gasteiger partial charge in [-0.05, 0) is 60.0 Å². The molecule has 0 aliphatic carbocycles. The average Bonchev–Trinajstić information content (AvgIpc) is 2.65. The zero-order chi connectivity index (χ0) is 19.4. The Balaban J connectivity index is 1.61. The van der Waals surface area contributed by atoms with Gasteiger partial charge in [0.25, 0.3) is 5.91 Å². The van der Waals surface area contributed by atoms with Crippen molar-refractivity contribution in [2.75, 3.05) is 5.32 Å². The van der Waals surface area contributed by atoms with Crippen molar-refractivity contribution in [1.82, 2.24) is 5.43 Å². The van der Waals surface area contributed by atoms with Gasteiger partial charge in [-0.15, -0.1) is 0 Å². The number of fused-ring (bicyclic) bond motifs is 1. The van der Waals surface area contributed by atoms with E-state index < -0.39 is 6.04 Å². The van der Waals surface area contributed by atoms with Crippen LogP contribution in [-0.2, 0) is 4.79 Å². The van der Waals surface area contributed by atoms with Gasteiger partial charge in [0, 0.05) is 14.6 Å². The molecule has 0 saturated carbocycles. The number of hydrogen-bond donors (Lipinski definition) is 2. The molecule has 1 unspecified atom stereocenters. The molecule has 0 aromatic heterocycles. The maximum Gasteiger partial charge on any atom is 0.262 e. The molecule has 3 aromatic carbocycles. The molecule has 4 nitrogen and oxygen atoms in total. The van der Waals surface area contributed by atoms with Gasteiger partial charge in [-0.2, -0.15) is 5.10 Å². The van der Waals surface area contributed by atoms with Crippen molar-refractivity contribution in [2.45, 2.75) is 19.9 Å². The summed E-state index contributed by atoms with van der Waals surface area (Å²) in [6.07, 6.45) is 1.62. The lowest BCUT2D eigenvalue weighted by molar-refractivity contribution is -0.121. The molecule has 1 amide bonds. The van der Waals surface area contributed by atoms with Crippen LogP contribution >= 0.6 is 31.9 Å².